The van der Waals surface area contributed by atoms with Gasteiger partial charge in [0.15, 0.2) is 0 Å². The fourth-order valence-corrected chi connectivity index (χ4v) is 7.88. The van der Waals surface area contributed by atoms with E-state index in [0.717, 1.165) is 48.6 Å². The number of nitrogen functional groups attached to an aromatic ring is 2. The second-order valence-corrected chi connectivity index (χ2v) is 17.5. The normalized spacial score (nSPS) is 12.9. The van der Waals surface area contributed by atoms with Crippen molar-refractivity contribution in [3.8, 4) is 0 Å². The van der Waals surface area contributed by atoms with E-state index in [1.54, 1.807) is 0 Å². The van der Waals surface area contributed by atoms with Crippen LogP contribution in [-0.2, 0) is 40.5 Å². The summed E-state index contributed by atoms with van der Waals surface area (Å²) in [6, 6.07) is 20.1. The van der Waals surface area contributed by atoms with Gasteiger partial charge in [-0.1, -0.05) is 36.4 Å². The summed E-state index contributed by atoms with van der Waals surface area (Å²) >= 11 is 0. The quantitative estimate of drug-likeness (QED) is 0.0272. The average Bonchev–Trinajstić information content (AvgIpc) is 3.12. The summed E-state index contributed by atoms with van der Waals surface area (Å²) < 4.78 is 135. The second-order valence-electron chi connectivity index (χ2n) is 11.8. The van der Waals surface area contributed by atoms with Crippen molar-refractivity contribution in [2.45, 2.75) is 19.6 Å². The van der Waals surface area contributed by atoms with Gasteiger partial charge in [0.25, 0.3) is 40.5 Å². The summed E-state index contributed by atoms with van der Waals surface area (Å²) in [7, 11) is -19.0. The number of nitrogens with zero attached hydrogens (tertiary/aromatic N) is 4. The van der Waals surface area contributed by atoms with Crippen molar-refractivity contribution in [2.24, 2.45) is 20.5 Å². The number of azo groups is 2. The Kier molecular flexibility index (Phi) is 12.2. The Labute approximate surface area is 347 Å². The van der Waals surface area contributed by atoms with Crippen LogP contribution in [0.3, 0.4) is 0 Å². The summed E-state index contributed by atoms with van der Waals surface area (Å²) in [5.74, 6) is 0. The van der Waals surface area contributed by atoms with Crippen LogP contribution in [0.15, 0.2) is 137 Å². The van der Waals surface area contributed by atoms with Crippen LogP contribution in [0.4, 0.5) is 34.1 Å². The zero-order valence-corrected chi connectivity index (χ0v) is 34.3. The van der Waals surface area contributed by atoms with Crippen molar-refractivity contribution >= 4 is 138 Å². The number of rotatable bonds is 10. The van der Waals surface area contributed by atoms with E-state index >= 15 is 0 Å². The van der Waals surface area contributed by atoms with Crippen molar-refractivity contribution < 1.29 is 51.9 Å². The molecule has 0 spiro atoms. The smallest absolute Gasteiger partial charge is 0.295 e. The monoisotopic (exact) mass is 861 g/mol. The van der Waals surface area contributed by atoms with E-state index in [1.165, 1.54) is 60.7 Å². The van der Waals surface area contributed by atoms with Crippen LogP contribution in [0.2, 0.25) is 0 Å². The number of benzene rings is 6. The minimum Gasteiger partial charge on any atom is -0.398 e. The fraction of sp³-hybridized carbons (Fsp3) is 0. The van der Waals surface area contributed by atoms with Crippen molar-refractivity contribution in [1.82, 2.24) is 0 Å². The van der Waals surface area contributed by atoms with Crippen LogP contribution >= 0.6 is 0 Å². The van der Waals surface area contributed by atoms with Gasteiger partial charge >= 0.3 is 0 Å². The molecule has 0 bridgehead atoms. The molecule has 0 saturated carbocycles. The van der Waals surface area contributed by atoms with Gasteiger partial charge < -0.3 is 11.5 Å². The molecule has 0 heterocycles. The molecule has 289 valence electrons. The molecule has 0 atom stereocenters. The van der Waals surface area contributed by atoms with E-state index in [0.29, 0.717) is 10.8 Å². The molecule has 6 aromatic rings. The Morgan fingerprint density at radius 2 is 0.789 bits per heavy atom. The van der Waals surface area contributed by atoms with Crippen molar-refractivity contribution in [2.75, 3.05) is 11.5 Å². The first-order chi connectivity index (χ1) is 26.1. The Hall–Kier alpha value is -4.98. The van der Waals surface area contributed by atoms with Gasteiger partial charge in [-0.25, -0.2) is 0 Å². The Morgan fingerprint density at radius 3 is 1.12 bits per heavy atom. The molecule has 18 nitrogen and oxygen atoms in total. The fourth-order valence-electron chi connectivity index (χ4n) is 5.46. The maximum Gasteiger partial charge on any atom is 0.295 e. The number of anilines is 2. The van der Waals surface area contributed by atoms with Gasteiger partial charge in [0.05, 0.1) is 32.5 Å². The van der Waals surface area contributed by atoms with Crippen LogP contribution in [0.5, 0.6) is 0 Å². The number of hydrogen-bond donors (Lipinski definition) is 6. The molecule has 0 unspecified atom stereocenters. The molecule has 23 heteroatoms. The van der Waals surface area contributed by atoms with Crippen molar-refractivity contribution in [3.63, 3.8) is 0 Å². The summed E-state index contributed by atoms with van der Waals surface area (Å²) in [5.41, 5.74) is 12.3. The molecule has 0 aliphatic carbocycles. The predicted molar refractivity (Wildman–Crippen MR) is 212 cm³/mol. The maximum atomic E-state index is 12.4. The SMILES string of the molecule is Nc1ccc(N=Nc2ccc(/C=C/c3ccc(N=Nc4ccc(N)c5ccc(S(=O)(=O)O)cc45)cc3S(=O)(=O)O)c(S(=O)(=O)O)c2)c2cc(S(=O)(=O)O)ccc12.[Na]. The summed E-state index contributed by atoms with van der Waals surface area (Å²) in [5, 5.41) is 17.4. The number of hydrogen-bond acceptors (Lipinski definition) is 14. The number of fused-ring (bicyclic) bond motifs is 2. The predicted octanol–water partition coefficient (Wildman–Crippen LogP) is 6.76. The molecule has 0 aliphatic rings. The zero-order valence-electron chi connectivity index (χ0n) is 29.0. The van der Waals surface area contributed by atoms with Gasteiger partial charge in [0.1, 0.15) is 9.79 Å². The first-order valence-electron chi connectivity index (χ1n) is 15.4. The van der Waals surface area contributed by atoms with E-state index in [-0.39, 0.29) is 85.6 Å². The average molecular weight is 862 g/mol. The molecule has 0 amide bonds. The van der Waals surface area contributed by atoms with Crippen LogP contribution in [0.1, 0.15) is 11.1 Å². The first kappa shape index (κ1) is 43.1. The van der Waals surface area contributed by atoms with Gasteiger partial charge in [0, 0.05) is 62.5 Å². The van der Waals surface area contributed by atoms with E-state index in [9.17, 15) is 51.9 Å². The van der Waals surface area contributed by atoms with E-state index in [2.05, 4.69) is 20.5 Å². The van der Waals surface area contributed by atoms with E-state index in [4.69, 9.17) is 11.5 Å². The molecule has 0 fully saturated rings. The van der Waals surface area contributed by atoms with E-state index in [1.807, 2.05) is 0 Å². The molecule has 1 radical (unpaired) electrons. The Morgan fingerprint density at radius 1 is 0.421 bits per heavy atom. The summed E-state index contributed by atoms with van der Waals surface area (Å²) in [6.07, 6.45) is 2.29. The van der Waals surface area contributed by atoms with Gasteiger partial charge in [-0.2, -0.15) is 43.9 Å². The van der Waals surface area contributed by atoms with Crippen molar-refractivity contribution in [1.29, 1.82) is 0 Å². The van der Waals surface area contributed by atoms with Gasteiger partial charge in [-0.15, -0.1) is 10.2 Å². The summed E-state index contributed by atoms with van der Waals surface area (Å²) in [6.45, 7) is 0. The van der Waals surface area contributed by atoms with Gasteiger partial charge in [0.2, 0.25) is 0 Å². The summed E-state index contributed by atoms with van der Waals surface area (Å²) in [4.78, 5) is -2.18. The molecule has 0 aliphatic heterocycles. The Bertz CT molecular complexity index is 2960. The molecule has 0 aromatic heterocycles. The van der Waals surface area contributed by atoms with Crippen LogP contribution in [0, 0.1) is 0 Å². The molecule has 0 saturated heterocycles. The zero-order chi connectivity index (χ0) is 40.8. The third-order valence-corrected chi connectivity index (χ3v) is 11.7. The standard InChI is InChI=1S/C34H26N6O12S4.Na/c35-29-11-13-31(27-17-23(53(41,42)43)7-9-25(27)29)39-37-21-5-3-19(33(15-21)55(47,48)49)1-2-20-4-6-22(16-34(20)56(50,51)52)38-40-32-14-12-30(36)26-10-8-24(18-28(26)32)54(44,45)46;/h1-18H,35-36H2,(H,41,42,43)(H,44,45,46)(H,47,48,49)(H,50,51,52);/b2-1+,39-37?,40-38?;. The van der Waals surface area contributed by atoms with Crippen molar-refractivity contribution in [3.05, 3.63) is 108 Å². The maximum absolute atomic E-state index is 12.4. The molecule has 8 N–H and O–H groups in total. The van der Waals surface area contributed by atoms with E-state index < -0.39 is 60.1 Å². The van der Waals surface area contributed by atoms with Crippen LogP contribution in [0.25, 0.3) is 33.7 Å². The van der Waals surface area contributed by atoms with Crippen LogP contribution < -0.4 is 11.5 Å². The Balaban J connectivity index is 0.00000620. The van der Waals surface area contributed by atoms with Gasteiger partial charge in [-0.3, -0.25) is 18.2 Å². The topological polar surface area (TPSA) is 319 Å². The second kappa shape index (κ2) is 16.1. The molecule has 6 aromatic carbocycles. The third-order valence-electron chi connectivity index (χ3n) is 8.13. The molecular weight excluding hydrogens is 836 g/mol. The molecular formula is C34H26N6NaO12S4. The third kappa shape index (κ3) is 9.77. The largest absolute Gasteiger partial charge is 0.398 e. The minimum atomic E-state index is -4.93. The first-order valence-corrected chi connectivity index (χ1v) is 21.2. The van der Waals surface area contributed by atoms with Gasteiger partial charge in [-0.05, 0) is 83.9 Å². The molecule has 57 heavy (non-hydrogen) atoms. The molecule has 6 rings (SSSR count). The number of nitrogens with two attached hydrogens (primary N) is 2. The minimum absolute atomic E-state index is 0. The van der Waals surface area contributed by atoms with Crippen LogP contribution in [-0.4, -0.2) is 81.4 Å².